The van der Waals surface area contributed by atoms with Gasteiger partial charge in [0.25, 0.3) is 5.91 Å². The first kappa shape index (κ1) is 24.0. The van der Waals surface area contributed by atoms with Gasteiger partial charge in [-0.15, -0.1) is 0 Å². The number of halogens is 1. The van der Waals surface area contributed by atoms with Crippen LogP contribution in [0.1, 0.15) is 23.7 Å². The summed E-state index contributed by atoms with van der Waals surface area (Å²) in [5.41, 5.74) is 9.95. The standard InChI is InChI=1S/C26H27ClN6O3/c1-3-10-36-26(35)33-9-8-32(15-24(33)28)25(34)17-4-6-19-20(27)13-21(30-22(19)12-17)16-5-7-23-18(11-16)14-29-31(23)2/h4-7,11-14,24H,3,8-10,15,28H2,1-2H3/t24-/m0/s1. The molecule has 1 atom stereocenters. The van der Waals surface area contributed by atoms with Gasteiger partial charge >= 0.3 is 6.09 Å². The molecule has 9 nitrogen and oxygen atoms in total. The molecular weight excluding hydrogens is 480 g/mol. The molecule has 36 heavy (non-hydrogen) atoms. The van der Waals surface area contributed by atoms with Gasteiger partial charge in [-0.25, -0.2) is 9.78 Å². The molecule has 10 heteroatoms. The predicted octanol–water partition coefficient (Wildman–Crippen LogP) is 4.03. The number of piperazine rings is 1. The molecule has 1 saturated heterocycles. The number of aryl methyl sites for hydroxylation is 1. The van der Waals surface area contributed by atoms with E-state index in [0.717, 1.165) is 28.3 Å². The fourth-order valence-corrected chi connectivity index (χ4v) is 4.73. The fraction of sp³-hybridized carbons (Fsp3) is 0.308. The number of fused-ring (bicyclic) bond motifs is 2. The molecule has 4 aromatic rings. The van der Waals surface area contributed by atoms with E-state index in [1.807, 2.05) is 55.2 Å². The van der Waals surface area contributed by atoms with Crippen molar-refractivity contribution in [2.24, 2.45) is 12.8 Å². The summed E-state index contributed by atoms with van der Waals surface area (Å²) >= 11 is 6.60. The summed E-state index contributed by atoms with van der Waals surface area (Å²) in [6.45, 7) is 3.17. The SMILES string of the molecule is CCCOC(=O)N1CCN(C(=O)c2ccc3c(Cl)cc(-c4ccc5c(cnn5C)c4)nc3c2)C[C@H]1N. The van der Waals surface area contributed by atoms with E-state index in [1.54, 1.807) is 17.0 Å². The first-order valence-electron chi connectivity index (χ1n) is 11.9. The fourth-order valence-electron chi connectivity index (χ4n) is 4.47. The molecule has 2 amide bonds. The van der Waals surface area contributed by atoms with E-state index in [-0.39, 0.29) is 12.5 Å². The number of carbonyl (C=O) groups is 2. The normalized spacial score (nSPS) is 16.1. The van der Waals surface area contributed by atoms with Crippen molar-refractivity contribution in [1.82, 2.24) is 24.6 Å². The lowest BCUT2D eigenvalue weighted by atomic mass is 10.1. The maximum absolute atomic E-state index is 13.3. The van der Waals surface area contributed by atoms with Crippen LogP contribution in [0.4, 0.5) is 4.79 Å². The zero-order valence-electron chi connectivity index (χ0n) is 20.1. The van der Waals surface area contributed by atoms with Crippen LogP contribution in [0.15, 0.2) is 48.7 Å². The van der Waals surface area contributed by atoms with Crippen LogP contribution >= 0.6 is 11.6 Å². The van der Waals surface area contributed by atoms with Crippen molar-refractivity contribution in [2.45, 2.75) is 19.5 Å². The van der Waals surface area contributed by atoms with Crippen molar-refractivity contribution >= 4 is 45.4 Å². The van der Waals surface area contributed by atoms with Crippen LogP contribution in [-0.4, -0.2) is 69.0 Å². The van der Waals surface area contributed by atoms with Crippen molar-refractivity contribution < 1.29 is 14.3 Å². The third-order valence-corrected chi connectivity index (χ3v) is 6.73. The van der Waals surface area contributed by atoms with Crippen LogP contribution in [0.5, 0.6) is 0 Å². The molecule has 186 valence electrons. The van der Waals surface area contributed by atoms with Crippen molar-refractivity contribution in [3.8, 4) is 11.3 Å². The highest BCUT2D eigenvalue weighted by Gasteiger charge is 2.31. The monoisotopic (exact) mass is 506 g/mol. The number of carbonyl (C=O) groups excluding carboxylic acids is 2. The molecule has 2 N–H and O–H groups in total. The summed E-state index contributed by atoms with van der Waals surface area (Å²) in [6.07, 6.45) is 1.47. The van der Waals surface area contributed by atoms with Crippen LogP contribution in [-0.2, 0) is 11.8 Å². The summed E-state index contributed by atoms with van der Waals surface area (Å²) in [4.78, 5) is 33.4. The van der Waals surface area contributed by atoms with Gasteiger partial charge in [-0.3, -0.25) is 14.4 Å². The molecule has 1 aliphatic rings. The van der Waals surface area contributed by atoms with Crippen LogP contribution < -0.4 is 5.73 Å². The maximum Gasteiger partial charge on any atom is 0.411 e. The van der Waals surface area contributed by atoms with Gasteiger partial charge < -0.3 is 15.4 Å². The van der Waals surface area contributed by atoms with Crippen LogP contribution in [0.2, 0.25) is 5.02 Å². The Morgan fingerprint density at radius 3 is 2.78 bits per heavy atom. The zero-order chi connectivity index (χ0) is 25.4. The lowest BCUT2D eigenvalue weighted by Gasteiger charge is -2.38. The summed E-state index contributed by atoms with van der Waals surface area (Å²) in [7, 11) is 1.90. The van der Waals surface area contributed by atoms with E-state index < -0.39 is 12.3 Å². The third kappa shape index (κ3) is 4.47. The first-order chi connectivity index (χ1) is 17.4. The Bertz CT molecular complexity index is 1470. The second-order valence-electron chi connectivity index (χ2n) is 8.89. The van der Waals surface area contributed by atoms with E-state index in [9.17, 15) is 9.59 Å². The molecule has 0 saturated carbocycles. The number of ether oxygens (including phenoxy) is 1. The van der Waals surface area contributed by atoms with Gasteiger partial charge in [0.15, 0.2) is 0 Å². The maximum atomic E-state index is 13.3. The average molecular weight is 507 g/mol. The first-order valence-corrected chi connectivity index (χ1v) is 12.2. The molecule has 1 fully saturated rings. The van der Waals surface area contributed by atoms with Crippen LogP contribution in [0.3, 0.4) is 0 Å². The van der Waals surface area contributed by atoms with Crippen LogP contribution in [0, 0.1) is 0 Å². The minimum atomic E-state index is -0.630. The molecule has 0 radical (unpaired) electrons. The quantitative estimate of drug-likeness (QED) is 0.448. The average Bonchev–Trinajstić information content (AvgIpc) is 3.26. The second-order valence-corrected chi connectivity index (χ2v) is 9.30. The third-order valence-electron chi connectivity index (χ3n) is 6.42. The Labute approximate surface area is 213 Å². The van der Waals surface area contributed by atoms with Crippen molar-refractivity contribution in [1.29, 1.82) is 0 Å². The molecule has 0 unspecified atom stereocenters. The highest BCUT2D eigenvalue weighted by atomic mass is 35.5. The van der Waals surface area contributed by atoms with E-state index in [4.69, 9.17) is 27.1 Å². The minimum Gasteiger partial charge on any atom is -0.449 e. The molecule has 2 aromatic heterocycles. The van der Waals surface area contributed by atoms with Gasteiger partial charge in [0.1, 0.15) is 6.17 Å². The Kier molecular flexibility index (Phi) is 6.51. The van der Waals surface area contributed by atoms with Crippen molar-refractivity contribution in [3.63, 3.8) is 0 Å². The second kappa shape index (κ2) is 9.75. The number of amides is 2. The van der Waals surface area contributed by atoms with Crippen LogP contribution in [0.25, 0.3) is 33.1 Å². The van der Waals surface area contributed by atoms with Gasteiger partial charge in [-0.1, -0.05) is 30.7 Å². The number of hydrogen-bond acceptors (Lipinski definition) is 6. The number of nitrogens with zero attached hydrogens (tertiary/aromatic N) is 5. The molecule has 5 rings (SSSR count). The van der Waals surface area contributed by atoms with E-state index >= 15 is 0 Å². The minimum absolute atomic E-state index is 0.172. The Hall–Kier alpha value is -3.69. The predicted molar refractivity (Wildman–Crippen MR) is 139 cm³/mol. The highest BCUT2D eigenvalue weighted by molar-refractivity contribution is 6.35. The van der Waals surface area contributed by atoms with E-state index in [0.29, 0.717) is 41.5 Å². The summed E-state index contributed by atoms with van der Waals surface area (Å²) in [5.74, 6) is -0.172. The molecule has 3 heterocycles. The molecule has 0 spiro atoms. The Balaban J connectivity index is 1.39. The molecule has 1 aliphatic heterocycles. The number of benzene rings is 2. The lowest BCUT2D eigenvalue weighted by molar-refractivity contribution is 0.0390. The summed E-state index contributed by atoms with van der Waals surface area (Å²) in [5, 5.41) is 6.62. The number of rotatable bonds is 4. The molecular formula is C26H27ClN6O3. The lowest BCUT2D eigenvalue weighted by Crippen LogP contribution is -2.60. The molecule has 2 aromatic carbocycles. The van der Waals surface area contributed by atoms with Gasteiger partial charge in [0.05, 0.1) is 41.1 Å². The van der Waals surface area contributed by atoms with Gasteiger partial charge in [0, 0.05) is 42.0 Å². The number of nitrogens with two attached hydrogens (primary N) is 1. The topological polar surface area (TPSA) is 107 Å². The number of aromatic nitrogens is 3. The number of pyridine rings is 1. The van der Waals surface area contributed by atoms with Crippen molar-refractivity contribution in [2.75, 3.05) is 26.2 Å². The highest BCUT2D eigenvalue weighted by Crippen LogP contribution is 2.30. The van der Waals surface area contributed by atoms with Gasteiger partial charge in [-0.2, -0.15) is 5.10 Å². The smallest absolute Gasteiger partial charge is 0.411 e. The van der Waals surface area contributed by atoms with Gasteiger partial charge in [0.2, 0.25) is 0 Å². The van der Waals surface area contributed by atoms with Crippen molar-refractivity contribution in [3.05, 3.63) is 59.2 Å². The van der Waals surface area contributed by atoms with E-state index in [2.05, 4.69) is 5.10 Å². The Morgan fingerprint density at radius 1 is 1.17 bits per heavy atom. The Morgan fingerprint density at radius 2 is 2.00 bits per heavy atom. The molecule has 0 bridgehead atoms. The van der Waals surface area contributed by atoms with E-state index in [1.165, 1.54) is 4.90 Å². The zero-order valence-corrected chi connectivity index (χ0v) is 20.9. The largest absolute Gasteiger partial charge is 0.449 e. The van der Waals surface area contributed by atoms with Gasteiger partial charge in [-0.05, 0) is 36.8 Å². The summed E-state index contributed by atoms with van der Waals surface area (Å²) in [6, 6.07) is 13.1. The molecule has 0 aliphatic carbocycles. The number of hydrogen-bond donors (Lipinski definition) is 1. The summed E-state index contributed by atoms with van der Waals surface area (Å²) < 4.78 is 7.01.